The first-order chi connectivity index (χ1) is 7.70. The Bertz CT molecular complexity index is 499. The number of carbonyl (C=O) groups excluding carboxylic acids is 1. The maximum Gasteiger partial charge on any atom is 0.379 e. The highest BCUT2D eigenvalue weighted by Crippen LogP contribution is 2.14. The summed E-state index contributed by atoms with van der Waals surface area (Å²) in [5.74, 6) is 0.144. The van der Waals surface area contributed by atoms with Gasteiger partial charge in [-0.3, -0.25) is 4.68 Å². The van der Waals surface area contributed by atoms with Gasteiger partial charge in [0, 0.05) is 12.1 Å². The Morgan fingerprint density at radius 3 is 3.00 bits per heavy atom. The number of hydrogen-bond donors (Lipinski definition) is 0. The van der Waals surface area contributed by atoms with Crippen LogP contribution in [0.25, 0.3) is 0 Å². The molecule has 0 spiro atoms. The van der Waals surface area contributed by atoms with Gasteiger partial charge >= 0.3 is 5.97 Å². The van der Waals surface area contributed by atoms with E-state index in [2.05, 4.69) is 5.10 Å². The molecule has 5 nitrogen and oxygen atoms in total. The van der Waals surface area contributed by atoms with E-state index < -0.39 is 5.97 Å². The van der Waals surface area contributed by atoms with E-state index in [1.165, 1.54) is 12.5 Å². The second kappa shape index (κ2) is 4.22. The molecule has 5 heteroatoms. The molecule has 0 fully saturated rings. The van der Waals surface area contributed by atoms with Crippen LogP contribution in [0, 0.1) is 6.92 Å². The van der Waals surface area contributed by atoms with E-state index in [9.17, 15) is 4.79 Å². The fraction of sp³-hybridized carbons (Fsp3) is 0.273. The Kier molecular flexibility index (Phi) is 2.76. The molecule has 0 aliphatic carbocycles. The molecule has 0 aliphatic heterocycles. The van der Waals surface area contributed by atoms with Gasteiger partial charge in [0.05, 0.1) is 18.7 Å². The van der Waals surface area contributed by atoms with E-state index in [1.807, 2.05) is 6.92 Å². The van der Waals surface area contributed by atoms with E-state index in [1.54, 1.807) is 23.9 Å². The molecule has 0 aliphatic rings. The third-order valence-corrected chi connectivity index (χ3v) is 2.19. The first-order valence-electron chi connectivity index (χ1n) is 4.99. The third kappa shape index (κ3) is 1.98. The highest BCUT2D eigenvalue weighted by atomic mass is 16.5. The zero-order valence-electron chi connectivity index (χ0n) is 9.14. The Hall–Kier alpha value is -2.04. The summed E-state index contributed by atoms with van der Waals surface area (Å²) in [7, 11) is 0. The highest BCUT2D eigenvalue weighted by Gasteiger charge is 2.15. The van der Waals surface area contributed by atoms with E-state index >= 15 is 0 Å². The first-order valence-corrected chi connectivity index (χ1v) is 4.99. The van der Waals surface area contributed by atoms with Crippen LogP contribution in [0.15, 0.2) is 29.1 Å². The molecule has 0 bridgehead atoms. The van der Waals surface area contributed by atoms with Crippen LogP contribution in [0.1, 0.15) is 23.0 Å². The number of ether oxygens (including phenoxy) is 1. The van der Waals surface area contributed by atoms with Gasteiger partial charge in [-0.25, -0.2) is 4.79 Å². The average molecular weight is 220 g/mol. The average Bonchev–Trinajstić information content (AvgIpc) is 2.86. The SMILES string of the molecule is CCn1cc(OC(=O)c2occc2C)cn1. The topological polar surface area (TPSA) is 57.3 Å². The van der Waals surface area contributed by atoms with Crippen molar-refractivity contribution in [1.82, 2.24) is 9.78 Å². The molecule has 0 N–H and O–H groups in total. The van der Waals surface area contributed by atoms with Crippen molar-refractivity contribution in [1.29, 1.82) is 0 Å². The number of furan rings is 1. The number of nitrogens with zero attached hydrogens (tertiary/aromatic N) is 2. The van der Waals surface area contributed by atoms with Gasteiger partial charge in [-0.05, 0) is 19.9 Å². The number of hydrogen-bond acceptors (Lipinski definition) is 4. The van der Waals surface area contributed by atoms with Crippen molar-refractivity contribution >= 4 is 5.97 Å². The van der Waals surface area contributed by atoms with Crippen molar-refractivity contribution in [2.24, 2.45) is 0 Å². The van der Waals surface area contributed by atoms with Gasteiger partial charge in [0.2, 0.25) is 5.76 Å². The minimum Gasteiger partial charge on any atom is -0.457 e. The van der Waals surface area contributed by atoms with Crippen LogP contribution in [0.4, 0.5) is 0 Å². The van der Waals surface area contributed by atoms with Gasteiger partial charge in [0.15, 0.2) is 5.75 Å². The molecule has 0 radical (unpaired) electrons. The normalized spacial score (nSPS) is 10.4. The molecule has 2 aromatic rings. The van der Waals surface area contributed by atoms with E-state index in [-0.39, 0.29) is 5.76 Å². The highest BCUT2D eigenvalue weighted by molar-refractivity contribution is 5.89. The third-order valence-electron chi connectivity index (χ3n) is 2.19. The molecule has 2 aromatic heterocycles. The summed E-state index contributed by atoms with van der Waals surface area (Å²) < 4.78 is 11.8. The van der Waals surface area contributed by atoms with Crippen molar-refractivity contribution in [2.45, 2.75) is 20.4 Å². The zero-order chi connectivity index (χ0) is 11.5. The summed E-state index contributed by atoms with van der Waals surface area (Å²) in [6.45, 7) is 4.47. The largest absolute Gasteiger partial charge is 0.457 e. The lowest BCUT2D eigenvalue weighted by atomic mass is 10.3. The second-order valence-corrected chi connectivity index (χ2v) is 3.35. The minimum absolute atomic E-state index is 0.226. The predicted octanol–water partition coefficient (Wildman–Crippen LogP) is 2.02. The number of rotatable bonds is 3. The van der Waals surface area contributed by atoms with Crippen LogP contribution >= 0.6 is 0 Å². The van der Waals surface area contributed by atoms with Gasteiger partial charge in [0.1, 0.15) is 0 Å². The molecule has 2 heterocycles. The van der Waals surface area contributed by atoms with E-state index in [4.69, 9.17) is 9.15 Å². The van der Waals surface area contributed by atoms with Crippen LogP contribution < -0.4 is 4.74 Å². The van der Waals surface area contributed by atoms with Crippen molar-refractivity contribution in [3.8, 4) is 5.75 Å². The fourth-order valence-corrected chi connectivity index (χ4v) is 1.31. The molecule has 0 unspecified atom stereocenters. The quantitative estimate of drug-likeness (QED) is 0.742. The lowest BCUT2D eigenvalue weighted by Crippen LogP contribution is -2.08. The minimum atomic E-state index is -0.502. The lowest BCUT2D eigenvalue weighted by Gasteiger charge is -1.98. The monoisotopic (exact) mass is 220 g/mol. The molecule has 0 saturated heterocycles. The van der Waals surface area contributed by atoms with Gasteiger partial charge in [-0.1, -0.05) is 0 Å². The molecule has 16 heavy (non-hydrogen) atoms. The zero-order valence-corrected chi connectivity index (χ0v) is 9.14. The van der Waals surface area contributed by atoms with E-state index in [0.717, 1.165) is 12.1 Å². The molecular formula is C11H12N2O3. The molecule has 0 aromatic carbocycles. The first kappa shape index (κ1) is 10.5. The molecular weight excluding hydrogens is 208 g/mol. The summed E-state index contributed by atoms with van der Waals surface area (Å²) in [6.07, 6.45) is 4.62. The van der Waals surface area contributed by atoms with Gasteiger partial charge in [0.25, 0.3) is 0 Å². The van der Waals surface area contributed by atoms with Gasteiger partial charge in [-0.15, -0.1) is 0 Å². The van der Waals surface area contributed by atoms with Crippen molar-refractivity contribution in [3.63, 3.8) is 0 Å². The Balaban J connectivity index is 2.11. The predicted molar refractivity (Wildman–Crippen MR) is 56.3 cm³/mol. The number of carbonyl (C=O) groups is 1. The summed E-state index contributed by atoms with van der Waals surface area (Å²) in [5, 5.41) is 4.00. The summed E-state index contributed by atoms with van der Waals surface area (Å²) >= 11 is 0. The summed E-state index contributed by atoms with van der Waals surface area (Å²) in [6, 6.07) is 1.71. The fourth-order valence-electron chi connectivity index (χ4n) is 1.31. The summed E-state index contributed by atoms with van der Waals surface area (Å²) in [4.78, 5) is 11.6. The van der Waals surface area contributed by atoms with Crippen LogP contribution in [0.3, 0.4) is 0 Å². The van der Waals surface area contributed by atoms with Crippen molar-refractivity contribution < 1.29 is 13.9 Å². The molecule has 0 atom stereocenters. The van der Waals surface area contributed by atoms with Gasteiger partial charge in [-0.2, -0.15) is 5.10 Å². The summed E-state index contributed by atoms with van der Waals surface area (Å²) in [5.41, 5.74) is 0.757. The Labute approximate surface area is 92.6 Å². The lowest BCUT2D eigenvalue weighted by molar-refractivity contribution is 0.0700. The Morgan fingerprint density at radius 1 is 1.62 bits per heavy atom. The van der Waals surface area contributed by atoms with Crippen molar-refractivity contribution in [2.75, 3.05) is 0 Å². The maximum absolute atomic E-state index is 11.6. The standard InChI is InChI=1S/C11H12N2O3/c1-3-13-7-9(6-12-13)16-11(14)10-8(2)4-5-15-10/h4-7H,3H2,1-2H3. The molecule has 84 valence electrons. The molecule has 0 amide bonds. The smallest absolute Gasteiger partial charge is 0.379 e. The number of aryl methyl sites for hydroxylation is 2. The number of esters is 1. The van der Waals surface area contributed by atoms with Gasteiger partial charge < -0.3 is 9.15 Å². The molecule has 0 saturated carbocycles. The van der Waals surface area contributed by atoms with Crippen LogP contribution in [-0.4, -0.2) is 15.7 Å². The maximum atomic E-state index is 11.6. The van der Waals surface area contributed by atoms with Crippen LogP contribution in [0.2, 0.25) is 0 Å². The van der Waals surface area contributed by atoms with Crippen LogP contribution in [-0.2, 0) is 6.54 Å². The van der Waals surface area contributed by atoms with Crippen LogP contribution in [0.5, 0.6) is 5.75 Å². The van der Waals surface area contributed by atoms with E-state index in [0.29, 0.717) is 5.75 Å². The molecule has 2 rings (SSSR count). The Morgan fingerprint density at radius 2 is 2.44 bits per heavy atom. The number of aromatic nitrogens is 2. The second-order valence-electron chi connectivity index (χ2n) is 3.35. The van der Waals surface area contributed by atoms with Crippen molar-refractivity contribution in [3.05, 3.63) is 36.0 Å².